The van der Waals surface area contributed by atoms with E-state index in [-0.39, 0.29) is 0 Å². The van der Waals surface area contributed by atoms with Crippen LogP contribution in [0.2, 0.25) is 25.7 Å². The molecule has 0 bridgehead atoms. The van der Waals surface area contributed by atoms with Crippen molar-refractivity contribution in [3.8, 4) is 0 Å². The third-order valence-electron chi connectivity index (χ3n) is 3.66. The summed E-state index contributed by atoms with van der Waals surface area (Å²) in [5, 5.41) is 4.42. The van der Waals surface area contributed by atoms with Crippen molar-refractivity contribution in [1.29, 1.82) is 0 Å². The zero-order valence-corrected chi connectivity index (χ0v) is 15.1. The van der Waals surface area contributed by atoms with Crippen molar-refractivity contribution in [2.24, 2.45) is 0 Å². The van der Waals surface area contributed by atoms with E-state index in [2.05, 4.69) is 40.7 Å². The normalized spacial score (nSPS) is 19.8. The maximum atomic E-state index is 11.4. The first kappa shape index (κ1) is 15.9. The number of ether oxygens (including phenoxy) is 1. The number of rotatable bonds is 6. The van der Waals surface area contributed by atoms with Crippen LogP contribution in [0.25, 0.3) is 0 Å². The summed E-state index contributed by atoms with van der Waals surface area (Å²) in [6, 6.07) is 3.18. The summed E-state index contributed by atoms with van der Waals surface area (Å²) in [7, 11) is -1.05. The van der Waals surface area contributed by atoms with Crippen LogP contribution in [-0.2, 0) is 16.3 Å². The number of carbonyl (C=O) groups excluding carboxylic acids is 1. The number of hydrogen-bond acceptors (Lipinski definition) is 3. The van der Waals surface area contributed by atoms with Crippen LogP contribution in [0.15, 0.2) is 10.7 Å². The highest BCUT2D eigenvalue weighted by molar-refractivity contribution is 9.10. The van der Waals surface area contributed by atoms with E-state index in [1.807, 2.05) is 10.7 Å². The second-order valence-corrected chi connectivity index (χ2v) is 13.2. The molecule has 20 heavy (non-hydrogen) atoms. The molecular weight excluding hydrogens is 336 g/mol. The highest BCUT2D eigenvalue weighted by Gasteiger charge is 2.27. The molecule has 2 rings (SSSR count). The minimum atomic E-state index is -1.05. The second-order valence-electron chi connectivity index (χ2n) is 6.72. The summed E-state index contributed by atoms with van der Waals surface area (Å²) in [6.45, 7) is 8.30. The lowest BCUT2D eigenvalue weighted by Gasteiger charge is -2.16. The van der Waals surface area contributed by atoms with Crippen LogP contribution >= 0.6 is 15.9 Å². The maximum absolute atomic E-state index is 11.4. The summed E-state index contributed by atoms with van der Waals surface area (Å²) in [4.78, 5) is 11.4. The fraction of sp³-hybridized carbons (Fsp3) is 0.714. The van der Waals surface area contributed by atoms with Crippen LogP contribution in [0.3, 0.4) is 0 Å². The summed E-state index contributed by atoms with van der Waals surface area (Å²) >= 11 is 3.42. The average Bonchev–Trinajstić information content (AvgIpc) is 2.90. The fourth-order valence-electron chi connectivity index (χ4n) is 2.43. The Morgan fingerprint density at radius 3 is 2.85 bits per heavy atom. The van der Waals surface area contributed by atoms with Crippen molar-refractivity contribution in [3.05, 3.63) is 16.4 Å². The van der Waals surface area contributed by atoms with E-state index in [4.69, 9.17) is 4.74 Å². The van der Waals surface area contributed by atoms with Gasteiger partial charge in [-0.15, -0.1) is 0 Å². The Hall–Kier alpha value is -0.463. The van der Waals surface area contributed by atoms with Gasteiger partial charge in [-0.2, -0.15) is 5.10 Å². The van der Waals surface area contributed by atoms with Gasteiger partial charge >= 0.3 is 0 Å². The van der Waals surface area contributed by atoms with Gasteiger partial charge in [0.05, 0.1) is 0 Å². The molecule has 0 aromatic carbocycles. The van der Waals surface area contributed by atoms with Crippen molar-refractivity contribution in [2.45, 2.75) is 57.6 Å². The SMILES string of the molecule is C[Si](C)(C)CCOCn1nc(Br)cc1C1CCC(=O)C1. The highest BCUT2D eigenvalue weighted by atomic mass is 79.9. The summed E-state index contributed by atoms with van der Waals surface area (Å²) < 4.78 is 8.49. The maximum Gasteiger partial charge on any atom is 0.139 e. The van der Waals surface area contributed by atoms with Crippen molar-refractivity contribution < 1.29 is 9.53 Å². The predicted molar refractivity (Wildman–Crippen MR) is 85.6 cm³/mol. The van der Waals surface area contributed by atoms with Gasteiger partial charge in [0.2, 0.25) is 0 Å². The molecule has 0 aliphatic heterocycles. The molecule has 4 nitrogen and oxygen atoms in total. The van der Waals surface area contributed by atoms with Gasteiger partial charge in [-0.3, -0.25) is 4.79 Å². The lowest BCUT2D eigenvalue weighted by atomic mass is 10.0. The average molecular weight is 359 g/mol. The Labute approximate surface area is 130 Å². The number of Topliss-reactive ketones (excluding diaryl/α,β-unsaturated/α-hetero) is 1. The van der Waals surface area contributed by atoms with Gasteiger partial charge in [-0.25, -0.2) is 4.68 Å². The van der Waals surface area contributed by atoms with Gasteiger partial charge in [-0.05, 0) is 34.5 Å². The number of carbonyl (C=O) groups is 1. The number of ketones is 1. The molecule has 1 atom stereocenters. The molecule has 0 N–H and O–H groups in total. The molecule has 0 spiro atoms. The van der Waals surface area contributed by atoms with Crippen molar-refractivity contribution in [3.63, 3.8) is 0 Å². The third-order valence-corrected chi connectivity index (χ3v) is 5.75. The fourth-order valence-corrected chi connectivity index (χ4v) is 3.61. The largest absolute Gasteiger partial charge is 0.360 e. The first-order valence-corrected chi connectivity index (χ1v) is 11.7. The molecule has 1 aromatic rings. The lowest BCUT2D eigenvalue weighted by molar-refractivity contribution is -0.117. The van der Waals surface area contributed by atoms with Crippen LogP contribution in [0.4, 0.5) is 0 Å². The minimum absolute atomic E-state index is 0.307. The van der Waals surface area contributed by atoms with Gasteiger partial charge in [0.15, 0.2) is 0 Å². The van der Waals surface area contributed by atoms with Gasteiger partial charge in [0.1, 0.15) is 17.1 Å². The van der Waals surface area contributed by atoms with E-state index in [1.165, 1.54) is 0 Å². The minimum Gasteiger partial charge on any atom is -0.360 e. The number of halogens is 1. The number of hydrogen-bond donors (Lipinski definition) is 0. The van der Waals surface area contributed by atoms with Gasteiger partial charge in [0.25, 0.3) is 0 Å². The van der Waals surface area contributed by atoms with Crippen molar-refractivity contribution >= 4 is 29.8 Å². The van der Waals surface area contributed by atoms with E-state index in [0.29, 0.717) is 31.3 Å². The first-order chi connectivity index (χ1) is 9.35. The smallest absolute Gasteiger partial charge is 0.139 e. The van der Waals surface area contributed by atoms with E-state index < -0.39 is 8.07 Å². The molecule has 0 saturated heterocycles. The Morgan fingerprint density at radius 2 is 2.25 bits per heavy atom. The summed E-state index contributed by atoms with van der Waals surface area (Å²) in [5.41, 5.74) is 1.12. The topological polar surface area (TPSA) is 44.1 Å². The molecule has 1 saturated carbocycles. The Bertz CT molecular complexity index is 482. The molecule has 1 aliphatic rings. The lowest BCUT2D eigenvalue weighted by Crippen LogP contribution is -2.22. The molecule has 112 valence electrons. The standard InChI is InChI=1S/C14H23BrN2O2Si/c1-20(2,3)7-6-19-10-17-13(9-14(15)16-17)11-4-5-12(18)8-11/h9,11H,4-8,10H2,1-3H3. The first-order valence-electron chi connectivity index (χ1n) is 7.18. The molecule has 0 amide bonds. The van der Waals surface area contributed by atoms with E-state index in [9.17, 15) is 4.79 Å². The molecular formula is C14H23BrN2O2Si. The Balaban J connectivity index is 1.93. The Kier molecular flexibility index (Phi) is 5.20. The van der Waals surface area contributed by atoms with Crippen molar-refractivity contribution in [1.82, 2.24) is 9.78 Å². The predicted octanol–water partition coefficient (Wildman–Crippen LogP) is 3.79. The van der Waals surface area contributed by atoms with Crippen LogP contribution in [0, 0.1) is 0 Å². The van der Waals surface area contributed by atoms with E-state index in [0.717, 1.165) is 29.4 Å². The third kappa shape index (κ3) is 4.53. The van der Waals surface area contributed by atoms with Crippen molar-refractivity contribution in [2.75, 3.05) is 6.61 Å². The van der Waals surface area contributed by atoms with Gasteiger partial charge < -0.3 is 4.74 Å². The molecule has 1 aromatic heterocycles. The van der Waals surface area contributed by atoms with Gasteiger partial charge in [0, 0.05) is 39.1 Å². The summed E-state index contributed by atoms with van der Waals surface area (Å²) in [6.07, 6.45) is 2.28. The molecule has 1 heterocycles. The van der Waals surface area contributed by atoms with E-state index >= 15 is 0 Å². The molecule has 1 aliphatic carbocycles. The second kappa shape index (κ2) is 6.53. The number of aromatic nitrogens is 2. The highest BCUT2D eigenvalue weighted by Crippen LogP contribution is 2.33. The van der Waals surface area contributed by atoms with E-state index in [1.54, 1.807) is 0 Å². The molecule has 0 radical (unpaired) electrons. The Morgan fingerprint density at radius 1 is 1.50 bits per heavy atom. The van der Waals surface area contributed by atoms with Crippen LogP contribution in [-0.4, -0.2) is 30.2 Å². The van der Waals surface area contributed by atoms with Crippen LogP contribution in [0.5, 0.6) is 0 Å². The summed E-state index contributed by atoms with van der Waals surface area (Å²) in [5.74, 6) is 0.667. The molecule has 1 fully saturated rings. The zero-order chi connectivity index (χ0) is 14.8. The van der Waals surface area contributed by atoms with Crippen LogP contribution in [0.1, 0.15) is 30.9 Å². The molecule has 6 heteroatoms. The monoisotopic (exact) mass is 358 g/mol. The van der Waals surface area contributed by atoms with Crippen LogP contribution < -0.4 is 0 Å². The quantitative estimate of drug-likeness (QED) is 0.573. The number of nitrogens with zero attached hydrogens (tertiary/aromatic N) is 2. The zero-order valence-electron chi connectivity index (χ0n) is 12.5. The molecule has 1 unspecified atom stereocenters. The van der Waals surface area contributed by atoms with Gasteiger partial charge in [-0.1, -0.05) is 19.6 Å².